The number of nitrogens with one attached hydrogen (secondary N) is 1. The van der Waals surface area contributed by atoms with Gasteiger partial charge in [-0.15, -0.1) is 0 Å². The van der Waals surface area contributed by atoms with Gasteiger partial charge in [0, 0.05) is 37.2 Å². The number of hydrogen-bond donors (Lipinski definition) is 2. The molecule has 4 fully saturated rings. The minimum absolute atomic E-state index is 0.0796. The molecule has 2 amide bonds. The average molecular weight is 524 g/mol. The molecular formula is C31H45N3O4. The van der Waals surface area contributed by atoms with Crippen LogP contribution in [0.4, 0.5) is 4.79 Å². The maximum absolute atomic E-state index is 13.1. The first kappa shape index (κ1) is 26.1. The third-order valence-electron chi connectivity index (χ3n) is 11.7. The fourth-order valence-corrected chi connectivity index (χ4v) is 9.41. The molecular weight excluding hydrogens is 478 g/mol. The quantitative estimate of drug-likeness (QED) is 0.557. The first-order chi connectivity index (χ1) is 18.1. The molecule has 1 aliphatic heterocycles. The van der Waals surface area contributed by atoms with Crippen molar-refractivity contribution >= 4 is 6.03 Å². The number of allylic oxidation sites excluding steroid dienone is 1. The Balaban J connectivity index is 1.18. The second-order valence-corrected chi connectivity index (χ2v) is 13.5. The predicted octanol–water partition coefficient (Wildman–Crippen LogP) is 4.52. The fraction of sp³-hybridized carbons (Fsp3) is 0.742. The van der Waals surface area contributed by atoms with Gasteiger partial charge in [-0.25, -0.2) is 9.59 Å². The van der Waals surface area contributed by atoms with E-state index in [1.165, 1.54) is 11.6 Å². The zero-order chi connectivity index (χ0) is 26.7. The SMILES string of the molecule is CN1CCCN(C(=O)N[C@@H]2C=C3CC[C@@H]4[C@H](CC[C@]5(C)[C@@H](c6ccc(=O)oc6)CC[C@]45O)[C@@]3(C)CC2)CC1. The van der Waals surface area contributed by atoms with Gasteiger partial charge in [0.15, 0.2) is 0 Å². The molecule has 0 radical (unpaired) electrons. The van der Waals surface area contributed by atoms with Gasteiger partial charge in [0.25, 0.3) is 0 Å². The van der Waals surface area contributed by atoms with Gasteiger partial charge in [-0.05, 0) is 106 Å². The summed E-state index contributed by atoms with van der Waals surface area (Å²) in [5.41, 5.74) is 1.41. The molecule has 0 bridgehead atoms. The number of fused-ring (bicyclic) bond motifs is 5. The number of carbonyl (C=O) groups excluding carboxylic acids is 1. The Morgan fingerprint density at radius 1 is 1.03 bits per heavy atom. The number of urea groups is 1. The Morgan fingerprint density at radius 2 is 1.87 bits per heavy atom. The van der Waals surface area contributed by atoms with Crippen molar-refractivity contribution in [3.63, 3.8) is 0 Å². The summed E-state index contributed by atoms with van der Waals surface area (Å²) in [7, 11) is 2.13. The van der Waals surface area contributed by atoms with Crippen LogP contribution in [0, 0.1) is 22.7 Å². The zero-order valence-electron chi connectivity index (χ0n) is 23.4. The van der Waals surface area contributed by atoms with Crippen LogP contribution in [0.2, 0.25) is 0 Å². The summed E-state index contributed by atoms with van der Waals surface area (Å²) >= 11 is 0. The Hall–Kier alpha value is -2.12. The van der Waals surface area contributed by atoms with Crippen LogP contribution in [0.5, 0.6) is 0 Å². The van der Waals surface area contributed by atoms with Crippen molar-refractivity contribution in [2.24, 2.45) is 22.7 Å². The van der Waals surface area contributed by atoms with E-state index >= 15 is 0 Å². The molecule has 0 unspecified atom stereocenters. The smallest absolute Gasteiger partial charge is 0.335 e. The Labute approximate surface area is 226 Å². The summed E-state index contributed by atoms with van der Waals surface area (Å²) in [6.07, 6.45) is 12.9. The summed E-state index contributed by atoms with van der Waals surface area (Å²) in [4.78, 5) is 28.9. The van der Waals surface area contributed by atoms with Crippen LogP contribution in [0.25, 0.3) is 0 Å². The fourth-order valence-electron chi connectivity index (χ4n) is 9.41. The average Bonchev–Trinajstić information content (AvgIpc) is 3.01. The zero-order valence-corrected chi connectivity index (χ0v) is 23.4. The van der Waals surface area contributed by atoms with Gasteiger partial charge in [0.1, 0.15) is 0 Å². The van der Waals surface area contributed by atoms with E-state index in [1.54, 1.807) is 6.26 Å². The van der Waals surface area contributed by atoms with Crippen molar-refractivity contribution in [3.05, 3.63) is 46.0 Å². The van der Waals surface area contributed by atoms with Crippen molar-refractivity contribution in [2.75, 3.05) is 33.2 Å². The normalized spacial score (nSPS) is 41.4. The molecule has 2 heterocycles. The lowest BCUT2D eigenvalue weighted by Crippen LogP contribution is -2.60. The van der Waals surface area contributed by atoms with Crippen LogP contribution in [0.3, 0.4) is 0 Å². The summed E-state index contributed by atoms with van der Waals surface area (Å²) in [6, 6.07) is 3.60. The molecule has 0 spiro atoms. The van der Waals surface area contributed by atoms with Crippen molar-refractivity contribution in [1.82, 2.24) is 15.1 Å². The van der Waals surface area contributed by atoms with E-state index in [0.717, 1.165) is 89.5 Å². The lowest BCUT2D eigenvalue weighted by molar-refractivity contribution is -0.177. The van der Waals surface area contributed by atoms with Crippen LogP contribution in [-0.4, -0.2) is 65.8 Å². The second-order valence-electron chi connectivity index (χ2n) is 13.5. The second kappa shape index (κ2) is 9.51. The standard InChI is InChI=1S/C31H45N3O4/c1-29-12-9-23(32-28(36)34-16-4-15-33(3)17-18-34)19-22(29)6-7-26-25(29)10-13-30(2)24(11-14-31(26,30)37)21-5-8-27(35)38-20-21/h5,8,19-20,23-26,37H,4,6-7,9-18H2,1-3H3,(H,32,36)/t23-,24+,25-,26+,29-,30+,31-/m0/s1. The maximum atomic E-state index is 13.1. The Kier molecular flexibility index (Phi) is 6.54. The molecule has 4 aliphatic carbocycles. The first-order valence-electron chi connectivity index (χ1n) is 14.9. The minimum atomic E-state index is -0.698. The minimum Gasteiger partial charge on any atom is -0.431 e. The lowest BCUT2D eigenvalue weighted by atomic mass is 9.45. The maximum Gasteiger partial charge on any atom is 0.335 e. The highest BCUT2D eigenvalue weighted by molar-refractivity contribution is 5.75. The van der Waals surface area contributed by atoms with E-state index in [-0.39, 0.29) is 40.4 Å². The molecule has 6 rings (SSSR count). The highest BCUT2D eigenvalue weighted by Crippen LogP contribution is 2.70. The van der Waals surface area contributed by atoms with Gasteiger partial charge in [-0.3, -0.25) is 0 Å². The third kappa shape index (κ3) is 4.07. The first-order valence-corrected chi connectivity index (χ1v) is 14.9. The number of amides is 2. The van der Waals surface area contributed by atoms with E-state index in [2.05, 4.69) is 37.2 Å². The van der Waals surface area contributed by atoms with Crippen LogP contribution in [0.15, 0.2) is 39.3 Å². The number of hydrogen-bond acceptors (Lipinski definition) is 5. The Morgan fingerprint density at radius 3 is 2.66 bits per heavy atom. The van der Waals surface area contributed by atoms with Crippen LogP contribution >= 0.6 is 0 Å². The molecule has 5 aliphatic rings. The monoisotopic (exact) mass is 523 g/mol. The largest absolute Gasteiger partial charge is 0.431 e. The summed E-state index contributed by atoms with van der Waals surface area (Å²) in [5.74, 6) is 0.961. The van der Waals surface area contributed by atoms with Crippen LogP contribution < -0.4 is 10.9 Å². The molecule has 7 atom stereocenters. The van der Waals surface area contributed by atoms with E-state index in [0.29, 0.717) is 5.92 Å². The summed E-state index contributed by atoms with van der Waals surface area (Å²) in [5, 5.41) is 15.8. The molecule has 0 aromatic carbocycles. The van der Waals surface area contributed by atoms with Crippen molar-refractivity contribution < 1.29 is 14.3 Å². The van der Waals surface area contributed by atoms with Crippen molar-refractivity contribution in [1.29, 1.82) is 0 Å². The number of likely N-dealkylation sites (N-methyl/N-ethyl adjacent to an activating group) is 1. The lowest BCUT2D eigenvalue weighted by Gasteiger charge is -2.62. The summed E-state index contributed by atoms with van der Waals surface area (Å²) < 4.78 is 5.23. The number of carbonyl (C=O) groups is 1. The van der Waals surface area contributed by atoms with Crippen molar-refractivity contribution in [3.8, 4) is 0 Å². The molecule has 1 aromatic rings. The third-order valence-corrected chi connectivity index (χ3v) is 11.7. The molecule has 1 aromatic heterocycles. The van der Waals surface area contributed by atoms with E-state index in [4.69, 9.17) is 4.42 Å². The molecule has 3 saturated carbocycles. The number of aliphatic hydroxyl groups is 1. The Bertz CT molecular complexity index is 1140. The van der Waals surface area contributed by atoms with Crippen LogP contribution in [-0.2, 0) is 0 Å². The van der Waals surface area contributed by atoms with Crippen LogP contribution in [0.1, 0.15) is 83.1 Å². The van der Waals surface area contributed by atoms with E-state index in [9.17, 15) is 14.7 Å². The molecule has 1 saturated heterocycles. The summed E-state index contributed by atoms with van der Waals surface area (Å²) in [6.45, 7) is 8.32. The van der Waals surface area contributed by atoms with Gasteiger partial charge >= 0.3 is 11.7 Å². The highest BCUT2D eigenvalue weighted by atomic mass is 16.4. The topological polar surface area (TPSA) is 86.0 Å². The van der Waals surface area contributed by atoms with Gasteiger partial charge in [-0.2, -0.15) is 0 Å². The number of nitrogens with zero attached hydrogens (tertiary/aromatic N) is 2. The van der Waals surface area contributed by atoms with Gasteiger partial charge in [-0.1, -0.05) is 25.5 Å². The molecule has 7 nitrogen and oxygen atoms in total. The van der Waals surface area contributed by atoms with E-state index < -0.39 is 5.60 Å². The molecule has 208 valence electrons. The molecule has 38 heavy (non-hydrogen) atoms. The van der Waals surface area contributed by atoms with Gasteiger partial charge < -0.3 is 24.6 Å². The molecule has 2 N–H and O–H groups in total. The predicted molar refractivity (Wildman–Crippen MR) is 147 cm³/mol. The van der Waals surface area contributed by atoms with E-state index in [1.807, 2.05) is 11.0 Å². The number of rotatable bonds is 2. The van der Waals surface area contributed by atoms with Crippen molar-refractivity contribution in [2.45, 2.75) is 89.2 Å². The molecule has 7 heteroatoms. The van der Waals surface area contributed by atoms with Gasteiger partial charge in [0.2, 0.25) is 0 Å². The highest BCUT2D eigenvalue weighted by Gasteiger charge is 2.66. The van der Waals surface area contributed by atoms with Gasteiger partial charge in [0.05, 0.1) is 11.9 Å².